The Kier molecular flexibility index (Phi) is 10.0. The first-order valence-electron chi connectivity index (χ1n) is 13.8. The summed E-state index contributed by atoms with van der Waals surface area (Å²) in [5, 5.41) is 0. The van der Waals surface area contributed by atoms with E-state index in [4.69, 9.17) is 14.2 Å². The predicted molar refractivity (Wildman–Crippen MR) is 161 cm³/mol. The van der Waals surface area contributed by atoms with Crippen molar-refractivity contribution in [1.82, 2.24) is 14.7 Å². The molecule has 0 unspecified atom stereocenters. The molecule has 0 bridgehead atoms. The number of piperazine rings is 1. The molecule has 1 fully saturated rings. The molecular formula is C33H39N3O5. The number of likely N-dealkylation sites (N-methyl/N-ethyl adjacent to an activating group) is 2. The molecule has 1 saturated heterocycles. The lowest BCUT2D eigenvalue weighted by atomic mass is 10.0. The van der Waals surface area contributed by atoms with E-state index in [0.29, 0.717) is 41.4 Å². The minimum Gasteiger partial charge on any atom is -0.497 e. The first-order chi connectivity index (χ1) is 19.7. The van der Waals surface area contributed by atoms with Crippen molar-refractivity contribution in [3.05, 3.63) is 83.4 Å². The van der Waals surface area contributed by atoms with E-state index in [1.807, 2.05) is 71.6 Å². The van der Waals surface area contributed by atoms with E-state index in [9.17, 15) is 9.59 Å². The molecule has 41 heavy (non-hydrogen) atoms. The molecule has 0 N–H and O–H groups in total. The van der Waals surface area contributed by atoms with Crippen LogP contribution in [-0.2, 0) is 16.0 Å². The van der Waals surface area contributed by atoms with Crippen LogP contribution in [0.1, 0.15) is 23.1 Å². The summed E-state index contributed by atoms with van der Waals surface area (Å²) >= 11 is 0. The molecule has 0 aromatic heterocycles. The summed E-state index contributed by atoms with van der Waals surface area (Å²) in [4.78, 5) is 31.4. The van der Waals surface area contributed by atoms with Crippen molar-refractivity contribution < 1.29 is 23.8 Å². The number of rotatable bonds is 10. The second kappa shape index (κ2) is 13.9. The van der Waals surface area contributed by atoms with Gasteiger partial charge in [0.2, 0.25) is 5.91 Å². The van der Waals surface area contributed by atoms with Crippen molar-refractivity contribution in [2.75, 3.05) is 61.5 Å². The zero-order chi connectivity index (χ0) is 29.4. The van der Waals surface area contributed by atoms with E-state index in [1.165, 1.54) is 0 Å². The molecule has 4 rings (SSSR count). The molecule has 1 heterocycles. The lowest BCUT2D eigenvalue weighted by molar-refractivity contribution is -0.132. The number of methoxy groups -OCH3 is 2. The van der Waals surface area contributed by atoms with Crippen LogP contribution in [0, 0.1) is 0 Å². The van der Waals surface area contributed by atoms with Gasteiger partial charge in [-0.15, -0.1) is 0 Å². The van der Waals surface area contributed by atoms with E-state index in [-0.39, 0.29) is 11.8 Å². The number of benzene rings is 3. The predicted octanol–water partition coefficient (Wildman–Crippen LogP) is 4.83. The zero-order valence-electron chi connectivity index (χ0n) is 24.6. The minimum atomic E-state index is -0.123. The summed E-state index contributed by atoms with van der Waals surface area (Å²) in [6, 6.07) is 20.8. The maximum atomic E-state index is 13.1. The molecule has 0 saturated carbocycles. The van der Waals surface area contributed by atoms with Gasteiger partial charge in [-0.3, -0.25) is 9.59 Å². The van der Waals surface area contributed by atoms with Crippen LogP contribution in [0.2, 0.25) is 0 Å². The lowest BCUT2D eigenvalue weighted by Crippen LogP contribution is -2.47. The maximum absolute atomic E-state index is 13.1. The highest BCUT2D eigenvalue weighted by molar-refractivity contribution is 6.24. The number of carbonyl (C=O) groups excluding carboxylic acids is 2. The summed E-state index contributed by atoms with van der Waals surface area (Å²) < 4.78 is 16.8. The fourth-order valence-corrected chi connectivity index (χ4v) is 4.62. The van der Waals surface area contributed by atoms with Crippen LogP contribution in [0.5, 0.6) is 23.0 Å². The first kappa shape index (κ1) is 29.7. The summed E-state index contributed by atoms with van der Waals surface area (Å²) in [6.07, 6.45) is 3.04. The largest absolute Gasteiger partial charge is 0.497 e. The standard InChI is InChI=1S/C33H39N3O5/c1-34(2)33(38)31(22-25-20-29(39-4)23-30(21-25)40-5)26-9-13-28(14-10-26)41-27-11-6-24(7-12-27)8-15-32(37)36-18-16-35(3)17-19-36/h6-7,9-14,20-23H,8,15-19H2,1-5H3/b31-22+. The Morgan fingerprint density at radius 3 is 1.90 bits per heavy atom. The second-order valence-corrected chi connectivity index (χ2v) is 10.4. The highest BCUT2D eigenvalue weighted by Crippen LogP contribution is 2.29. The van der Waals surface area contributed by atoms with Crippen molar-refractivity contribution in [2.45, 2.75) is 12.8 Å². The molecule has 216 valence electrons. The topological polar surface area (TPSA) is 71.5 Å². The Bertz CT molecular complexity index is 1340. The van der Waals surface area contributed by atoms with Crippen LogP contribution in [-0.4, -0.2) is 88.1 Å². The molecule has 2 amide bonds. The van der Waals surface area contributed by atoms with Gasteiger partial charge in [-0.05, 0) is 72.6 Å². The van der Waals surface area contributed by atoms with Gasteiger partial charge < -0.3 is 28.9 Å². The Labute approximate surface area is 242 Å². The summed E-state index contributed by atoms with van der Waals surface area (Å²) in [5.41, 5.74) is 3.18. The first-order valence-corrected chi connectivity index (χ1v) is 13.8. The molecule has 0 radical (unpaired) electrons. The number of aryl methyl sites for hydroxylation is 1. The van der Waals surface area contributed by atoms with Gasteiger partial charge in [0.1, 0.15) is 23.0 Å². The SMILES string of the molecule is COc1cc(/C=C(/C(=O)N(C)C)c2ccc(Oc3ccc(CCC(=O)N4CCN(C)CC4)cc3)cc2)cc(OC)c1. The molecule has 1 aliphatic rings. The van der Waals surface area contributed by atoms with E-state index >= 15 is 0 Å². The van der Waals surface area contributed by atoms with Crippen molar-refractivity contribution in [3.63, 3.8) is 0 Å². The Hall–Kier alpha value is -4.30. The number of hydrogen-bond donors (Lipinski definition) is 0. The summed E-state index contributed by atoms with van der Waals surface area (Å²) in [5.74, 6) is 2.74. The highest BCUT2D eigenvalue weighted by atomic mass is 16.5. The molecule has 0 aliphatic carbocycles. The van der Waals surface area contributed by atoms with Crippen molar-refractivity contribution >= 4 is 23.5 Å². The highest BCUT2D eigenvalue weighted by Gasteiger charge is 2.19. The van der Waals surface area contributed by atoms with Gasteiger partial charge in [-0.2, -0.15) is 0 Å². The van der Waals surface area contributed by atoms with Gasteiger partial charge in [0.05, 0.1) is 14.2 Å². The van der Waals surface area contributed by atoms with Gasteiger partial charge in [-0.1, -0.05) is 24.3 Å². The molecule has 8 heteroatoms. The van der Waals surface area contributed by atoms with Gasteiger partial charge in [0.15, 0.2) is 0 Å². The average molecular weight is 558 g/mol. The Morgan fingerprint density at radius 1 is 0.805 bits per heavy atom. The molecule has 0 spiro atoms. The molecule has 8 nitrogen and oxygen atoms in total. The van der Waals surface area contributed by atoms with Crippen LogP contribution in [0.3, 0.4) is 0 Å². The van der Waals surface area contributed by atoms with E-state index in [2.05, 4.69) is 11.9 Å². The van der Waals surface area contributed by atoms with Gasteiger partial charge >= 0.3 is 0 Å². The monoisotopic (exact) mass is 557 g/mol. The number of ether oxygens (including phenoxy) is 3. The molecule has 1 aliphatic heterocycles. The van der Waals surface area contributed by atoms with Crippen molar-refractivity contribution in [3.8, 4) is 23.0 Å². The molecular weight excluding hydrogens is 518 g/mol. The van der Waals surface area contributed by atoms with E-state index < -0.39 is 0 Å². The number of amides is 2. The number of hydrogen-bond acceptors (Lipinski definition) is 6. The molecule has 3 aromatic carbocycles. The third-order valence-electron chi connectivity index (χ3n) is 7.13. The van der Waals surface area contributed by atoms with Crippen molar-refractivity contribution in [2.24, 2.45) is 0 Å². The minimum absolute atomic E-state index is 0.123. The summed E-state index contributed by atoms with van der Waals surface area (Å²) in [6.45, 7) is 3.47. The number of carbonyl (C=O) groups is 2. The van der Waals surface area contributed by atoms with E-state index in [0.717, 1.165) is 42.9 Å². The van der Waals surface area contributed by atoms with Crippen LogP contribution in [0.15, 0.2) is 66.7 Å². The summed E-state index contributed by atoms with van der Waals surface area (Å²) in [7, 11) is 8.73. The van der Waals surface area contributed by atoms with Crippen molar-refractivity contribution in [1.29, 1.82) is 0 Å². The smallest absolute Gasteiger partial charge is 0.253 e. The third-order valence-corrected chi connectivity index (χ3v) is 7.13. The van der Waals surface area contributed by atoms with Crippen LogP contribution in [0.4, 0.5) is 0 Å². The quantitative estimate of drug-likeness (QED) is 0.263. The normalized spacial score (nSPS) is 14.0. The third kappa shape index (κ3) is 8.11. The van der Waals surface area contributed by atoms with Crippen LogP contribution < -0.4 is 14.2 Å². The zero-order valence-corrected chi connectivity index (χ0v) is 24.6. The van der Waals surface area contributed by atoms with Gasteiger partial charge in [0, 0.05) is 58.3 Å². The fraction of sp³-hybridized carbons (Fsp3) is 0.333. The lowest BCUT2D eigenvalue weighted by Gasteiger charge is -2.32. The average Bonchev–Trinajstić information content (AvgIpc) is 2.99. The Balaban J connectivity index is 1.42. The van der Waals surface area contributed by atoms with Crippen LogP contribution in [0.25, 0.3) is 11.6 Å². The fourth-order valence-electron chi connectivity index (χ4n) is 4.62. The van der Waals surface area contributed by atoms with Gasteiger partial charge in [0.25, 0.3) is 5.91 Å². The number of nitrogens with zero attached hydrogens (tertiary/aromatic N) is 3. The molecule has 0 atom stereocenters. The maximum Gasteiger partial charge on any atom is 0.253 e. The van der Waals surface area contributed by atoms with Gasteiger partial charge in [-0.25, -0.2) is 0 Å². The second-order valence-electron chi connectivity index (χ2n) is 10.4. The van der Waals surface area contributed by atoms with E-state index in [1.54, 1.807) is 39.3 Å². The van der Waals surface area contributed by atoms with Crippen LogP contribution >= 0.6 is 0 Å². The molecule has 3 aromatic rings. The Morgan fingerprint density at radius 2 is 1.37 bits per heavy atom.